The molecule has 0 spiro atoms. The Bertz CT molecular complexity index is 574. The van der Waals surface area contributed by atoms with E-state index in [9.17, 15) is 4.79 Å². The number of carbonyl (C=O) groups is 1. The fourth-order valence-corrected chi connectivity index (χ4v) is 6.45. The molecule has 126 valence electrons. The summed E-state index contributed by atoms with van der Waals surface area (Å²) in [7, 11) is 0. The number of carbonyl (C=O) groups excluding carboxylic acids is 1. The Labute approximate surface area is 140 Å². The van der Waals surface area contributed by atoms with Gasteiger partial charge in [0.25, 0.3) is 0 Å². The monoisotopic (exact) mass is 314 g/mol. The van der Waals surface area contributed by atoms with E-state index >= 15 is 0 Å². The molecule has 0 heterocycles. The van der Waals surface area contributed by atoms with Crippen LogP contribution in [-0.2, 0) is 9.53 Å². The van der Waals surface area contributed by atoms with Gasteiger partial charge >= 0.3 is 5.97 Å². The minimum atomic E-state index is -0.127. The van der Waals surface area contributed by atoms with Crippen molar-refractivity contribution < 1.29 is 9.53 Å². The molecule has 2 nitrogen and oxygen atoms in total. The number of ether oxygens (including phenoxy) is 1. The van der Waals surface area contributed by atoms with Crippen molar-refractivity contribution in [2.75, 3.05) is 0 Å². The van der Waals surface area contributed by atoms with Crippen molar-refractivity contribution >= 4 is 5.97 Å². The molecule has 6 atom stereocenters. The predicted octanol–water partition coefficient (Wildman–Crippen LogP) is 5.05. The van der Waals surface area contributed by atoms with Gasteiger partial charge in [0, 0.05) is 13.3 Å². The lowest BCUT2D eigenvalue weighted by molar-refractivity contribution is -0.148. The van der Waals surface area contributed by atoms with Gasteiger partial charge in [0.05, 0.1) is 0 Å². The molecule has 0 aliphatic heterocycles. The van der Waals surface area contributed by atoms with Crippen LogP contribution in [0.25, 0.3) is 0 Å². The number of fused-ring (bicyclic) bond motifs is 5. The summed E-state index contributed by atoms with van der Waals surface area (Å²) in [5.41, 5.74) is 2.40. The Balaban J connectivity index is 1.59. The molecule has 2 fully saturated rings. The maximum atomic E-state index is 11.3. The quantitative estimate of drug-likeness (QED) is 0.500. The van der Waals surface area contributed by atoms with Gasteiger partial charge in [0.1, 0.15) is 6.10 Å². The van der Waals surface area contributed by atoms with Gasteiger partial charge in [-0.05, 0) is 67.1 Å². The van der Waals surface area contributed by atoms with Crippen LogP contribution in [0.1, 0.15) is 65.7 Å². The minimum Gasteiger partial charge on any atom is -0.462 e. The molecule has 0 unspecified atom stereocenters. The number of esters is 1. The summed E-state index contributed by atoms with van der Waals surface area (Å²) in [5, 5.41) is 0. The standard InChI is InChI=1S/C21H30O2/c1-14(22)23-16-8-12-21(3)15(13-16)6-7-17-18-5-4-10-20(18,2)11-9-19(17)21/h4,6,10,16-19H,5,7-9,11-13H2,1-3H3/t16-,17-,18-,19-,20+,21+/m1/s1. The van der Waals surface area contributed by atoms with E-state index in [0.717, 1.165) is 30.6 Å². The molecule has 4 rings (SSSR count). The van der Waals surface area contributed by atoms with Gasteiger partial charge < -0.3 is 4.74 Å². The maximum Gasteiger partial charge on any atom is 0.302 e. The first-order valence-corrected chi connectivity index (χ1v) is 9.47. The van der Waals surface area contributed by atoms with Crippen molar-refractivity contribution in [2.24, 2.45) is 28.6 Å². The van der Waals surface area contributed by atoms with Crippen LogP contribution in [0.15, 0.2) is 23.8 Å². The molecule has 2 saturated carbocycles. The zero-order valence-corrected chi connectivity index (χ0v) is 14.8. The number of hydrogen-bond donors (Lipinski definition) is 0. The average Bonchev–Trinajstić information content (AvgIpc) is 2.89. The van der Waals surface area contributed by atoms with E-state index < -0.39 is 0 Å². The highest BCUT2D eigenvalue weighted by Gasteiger charge is 2.54. The van der Waals surface area contributed by atoms with Crippen LogP contribution in [-0.4, -0.2) is 12.1 Å². The maximum absolute atomic E-state index is 11.3. The van der Waals surface area contributed by atoms with Gasteiger partial charge in [-0.15, -0.1) is 0 Å². The zero-order chi connectivity index (χ0) is 16.2. The highest BCUT2D eigenvalue weighted by molar-refractivity contribution is 5.66. The van der Waals surface area contributed by atoms with E-state index in [0.29, 0.717) is 10.8 Å². The molecule has 4 aliphatic carbocycles. The van der Waals surface area contributed by atoms with Crippen LogP contribution in [0, 0.1) is 28.6 Å². The Morgan fingerprint density at radius 3 is 2.78 bits per heavy atom. The Morgan fingerprint density at radius 2 is 2.00 bits per heavy atom. The molecule has 0 radical (unpaired) electrons. The van der Waals surface area contributed by atoms with Gasteiger partial charge in [-0.2, -0.15) is 0 Å². The summed E-state index contributed by atoms with van der Waals surface area (Å²) >= 11 is 0. The Hall–Kier alpha value is -1.05. The van der Waals surface area contributed by atoms with E-state index in [1.165, 1.54) is 39.0 Å². The van der Waals surface area contributed by atoms with E-state index in [-0.39, 0.29) is 12.1 Å². The lowest BCUT2D eigenvalue weighted by Crippen LogP contribution is -2.49. The third kappa shape index (κ3) is 2.32. The molecule has 0 aromatic carbocycles. The third-order valence-electron chi connectivity index (χ3n) is 7.72. The highest BCUT2D eigenvalue weighted by Crippen LogP contribution is 2.63. The SMILES string of the molecule is CC(=O)O[C@@H]1CC[C@@]2(C)C(=CC[C@@H]3[C@H]4CC=C[C@@]4(C)CC[C@H]32)C1. The minimum absolute atomic E-state index is 0.116. The van der Waals surface area contributed by atoms with E-state index in [4.69, 9.17) is 4.74 Å². The summed E-state index contributed by atoms with van der Waals surface area (Å²) in [6.45, 7) is 6.52. The predicted molar refractivity (Wildman–Crippen MR) is 91.8 cm³/mol. The van der Waals surface area contributed by atoms with Gasteiger partial charge in [-0.1, -0.05) is 37.6 Å². The molecule has 0 aromatic heterocycles. The van der Waals surface area contributed by atoms with Crippen LogP contribution in [0.2, 0.25) is 0 Å². The smallest absolute Gasteiger partial charge is 0.302 e. The second-order valence-electron chi connectivity index (χ2n) is 8.92. The second-order valence-corrected chi connectivity index (χ2v) is 8.92. The molecule has 0 aromatic rings. The van der Waals surface area contributed by atoms with Gasteiger partial charge in [0.15, 0.2) is 0 Å². The molecule has 0 N–H and O–H groups in total. The summed E-state index contributed by atoms with van der Waals surface area (Å²) < 4.78 is 5.52. The van der Waals surface area contributed by atoms with Crippen LogP contribution in [0.5, 0.6) is 0 Å². The average molecular weight is 314 g/mol. The number of allylic oxidation sites excluding steroid dienone is 3. The largest absolute Gasteiger partial charge is 0.462 e. The summed E-state index contributed by atoms with van der Waals surface area (Å²) in [4.78, 5) is 11.3. The lowest BCUT2D eigenvalue weighted by atomic mass is 9.48. The van der Waals surface area contributed by atoms with Crippen LogP contribution in [0.4, 0.5) is 0 Å². The molecule has 0 saturated heterocycles. The van der Waals surface area contributed by atoms with Crippen molar-refractivity contribution in [3.05, 3.63) is 23.8 Å². The van der Waals surface area contributed by atoms with E-state index in [1.807, 2.05) is 0 Å². The van der Waals surface area contributed by atoms with Gasteiger partial charge in [0.2, 0.25) is 0 Å². The second kappa shape index (κ2) is 5.22. The highest BCUT2D eigenvalue weighted by atomic mass is 16.5. The molecular weight excluding hydrogens is 284 g/mol. The third-order valence-corrected chi connectivity index (χ3v) is 7.72. The molecule has 2 heteroatoms. The molecular formula is C21H30O2. The van der Waals surface area contributed by atoms with Crippen molar-refractivity contribution in [2.45, 2.75) is 71.8 Å². The van der Waals surface area contributed by atoms with Gasteiger partial charge in [-0.3, -0.25) is 4.79 Å². The van der Waals surface area contributed by atoms with E-state index in [1.54, 1.807) is 5.57 Å². The fraction of sp³-hybridized carbons (Fsp3) is 0.762. The molecule has 0 amide bonds. The first kappa shape index (κ1) is 15.5. The molecule has 4 aliphatic rings. The van der Waals surface area contributed by atoms with Crippen LogP contribution < -0.4 is 0 Å². The Kier molecular flexibility index (Phi) is 3.52. The number of rotatable bonds is 1. The number of hydrogen-bond acceptors (Lipinski definition) is 2. The first-order valence-electron chi connectivity index (χ1n) is 9.47. The lowest BCUT2D eigenvalue weighted by Gasteiger charge is -2.57. The fourth-order valence-electron chi connectivity index (χ4n) is 6.45. The van der Waals surface area contributed by atoms with Crippen molar-refractivity contribution in [3.63, 3.8) is 0 Å². The Morgan fingerprint density at radius 1 is 1.17 bits per heavy atom. The topological polar surface area (TPSA) is 26.3 Å². The molecule has 23 heavy (non-hydrogen) atoms. The summed E-state index contributed by atoms with van der Waals surface area (Å²) in [6, 6.07) is 0. The van der Waals surface area contributed by atoms with Crippen LogP contribution in [0.3, 0.4) is 0 Å². The van der Waals surface area contributed by atoms with Crippen molar-refractivity contribution in [3.8, 4) is 0 Å². The van der Waals surface area contributed by atoms with E-state index in [2.05, 4.69) is 32.1 Å². The van der Waals surface area contributed by atoms with Crippen molar-refractivity contribution in [1.82, 2.24) is 0 Å². The van der Waals surface area contributed by atoms with Crippen molar-refractivity contribution in [1.29, 1.82) is 0 Å². The van der Waals surface area contributed by atoms with Crippen LogP contribution >= 0.6 is 0 Å². The summed E-state index contributed by atoms with van der Waals surface area (Å²) in [6.07, 6.45) is 16.0. The first-order chi connectivity index (χ1) is 10.9. The molecule has 0 bridgehead atoms. The van der Waals surface area contributed by atoms with Gasteiger partial charge in [-0.25, -0.2) is 0 Å². The normalized spacial score (nSPS) is 48.0. The zero-order valence-electron chi connectivity index (χ0n) is 14.8. The summed E-state index contributed by atoms with van der Waals surface area (Å²) in [5.74, 6) is 2.40.